The summed E-state index contributed by atoms with van der Waals surface area (Å²) in [6, 6.07) is 6.68. The Morgan fingerprint density at radius 3 is 2.44 bits per heavy atom. The lowest BCUT2D eigenvalue weighted by Gasteiger charge is -2.28. The molecule has 5 nitrogen and oxygen atoms in total. The van der Waals surface area contributed by atoms with Crippen LogP contribution in [0.3, 0.4) is 0 Å². The lowest BCUT2D eigenvalue weighted by atomic mass is 10.1. The maximum absolute atomic E-state index is 12.2. The van der Waals surface area contributed by atoms with Gasteiger partial charge in [-0.2, -0.15) is 0 Å². The molecule has 0 N–H and O–H groups in total. The molecule has 2 rings (SSSR count). The summed E-state index contributed by atoms with van der Waals surface area (Å²) in [5.74, 6) is -0.461. The molecule has 0 aromatic heterocycles. The first-order valence-corrected chi connectivity index (χ1v) is 6.80. The van der Waals surface area contributed by atoms with Crippen LogP contribution in [0.25, 0.3) is 0 Å². The van der Waals surface area contributed by atoms with Gasteiger partial charge >= 0.3 is 0 Å². The normalized spacial score (nSPS) is 19.8. The van der Waals surface area contributed by atoms with Crippen molar-refractivity contribution in [2.45, 2.75) is 0 Å². The number of benzene rings is 1. The van der Waals surface area contributed by atoms with Crippen molar-refractivity contribution >= 4 is 21.5 Å². The summed E-state index contributed by atoms with van der Waals surface area (Å²) < 4.78 is 25.6. The Kier molecular flexibility index (Phi) is 2.90. The molecule has 1 aromatic carbocycles. The Morgan fingerprint density at radius 1 is 1.22 bits per heavy atom. The fraction of sp³-hybridized carbons (Fsp3) is 0.250. The molecule has 0 fully saturated rings. The van der Waals surface area contributed by atoms with Crippen molar-refractivity contribution in [3.63, 3.8) is 0 Å². The van der Waals surface area contributed by atoms with Gasteiger partial charge in [-0.15, -0.1) is 0 Å². The van der Waals surface area contributed by atoms with Crippen molar-refractivity contribution in [3.05, 3.63) is 40.9 Å². The van der Waals surface area contributed by atoms with Crippen LogP contribution in [0, 0.1) is 0 Å². The van der Waals surface area contributed by atoms with Crippen LogP contribution in [0.5, 0.6) is 0 Å². The van der Waals surface area contributed by atoms with E-state index in [2.05, 4.69) is 0 Å². The van der Waals surface area contributed by atoms with E-state index in [1.807, 2.05) is 0 Å². The first-order valence-electron chi connectivity index (χ1n) is 5.36. The van der Waals surface area contributed by atoms with Crippen LogP contribution in [0.4, 0.5) is 5.69 Å². The molecule has 1 heterocycles. The van der Waals surface area contributed by atoms with Gasteiger partial charge in [-0.05, 0) is 12.1 Å². The van der Waals surface area contributed by atoms with E-state index in [1.165, 1.54) is 13.2 Å². The monoisotopic (exact) mass is 266 g/mol. The third kappa shape index (κ3) is 1.78. The third-order valence-corrected chi connectivity index (χ3v) is 4.49. The maximum Gasteiger partial charge on any atom is 0.269 e. The molecule has 0 aliphatic carbocycles. The van der Waals surface area contributed by atoms with Gasteiger partial charge in [0, 0.05) is 32.9 Å². The highest BCUT2D eigenvalue weighted by atomic mass is 32.2. The number of carbonyl (C=O) groups is 1. The van der Waals surface area contributed by atoms with Crippen molar-refractivity contribution in [3.8, 4) is 0 Å². The van der Waals surface area contributed by atoms with Crippen LogP contribution in [0.15, 0.2) is 35.4 Å². The predicted octanol–water partition coefficient (Wildman–Crippen LogP) is 1.05. The van der Waals surface area contributed by atoms with Crippen LogP contribution in [0.1, 0.15) is 10.4 Å². The van der Waals surface area contributed by atoms with Crippen molar-refractivity contribution in [1.29, 1.82) is 0 Å². The van der Waals surface area contributed by atoms with Gasteiger partial charge in [0.2, 0.25) is 5.78 Å². The van der Waals surface area contributed by atoms with Crippen LogP contribution < -0.4 is 4.31 Å². The number of para-hydroxylation sites is 1. The molecule has 6 heteroatoms. The van der Waals surface area contributed by atoms with Crippen molar-refractivity contribution in [2.24, 2.45) is 0 Å². The molecule has 0 bridgehead atoms. The summed E-state index contributed by atoms with van der Waals surface area (Å²) in [7, 11) is 1.05. The van der Waals surface area contributed by atoms with E-state index in [-0.39, 0.29) is 4.91 Å². The second kappa shape index (κ2) is 4.13. The fourth-order valence-electron chi connectivity index (χ4n) is 1.83. The second-order valence-electron chi connectivity index (χ2n) is 4.28. The topological polar surface area (TPSA) is 57.7 Å². The Morgan fingerprint density at radius 2 is 1.83 bits per heavy atom. The molecule has 18 heavy (non-hydrogen) atoms. The second-order valence-corrected chi connectivity index (χ2v) is 6.21. The predicted molar refractivity (Wildman–Crippen MR) is 69.9 cm³/mol. The highest BCUT2D eigenvalue weighted by molar-refractivity contribution is 7.97. The quantitative estimate of drug-likeness (QED) is 0.713. The number of anilines is 1. The molecule has 0 atom stereocenters. The minimum atomic E-state index is -3.76. The van der Waals surface area contributed by atoms with E-state index in [4.69, 9.17) is 0 Å². The summed E-state index contributed by atoms with van der Waals surface area (Å²) in [6.07, 6.45) is 1.34. The van der Waals surface area contributed by atoms with Gasteiger partial charge in [0.15, 0.2) is 4.91 Å². The highest BCUT2D eigenvalue weighted by Gasteiger charge is 2.37. The Balaban J connectivity index is 2.73. The molecule has 1 aliphatic heterocycles. The van der Waals surface area contributed by atoms with Crippen LogP contribution >= 0.6 is 0 Å². The lowest BCUT2D eigenvalue weighted by molar-refractivity contribution is 0.104. The number of nitrogens with zero attached hydrogens (tertiary/aromatic N) is 2. The first-order chi connectivity index (χ1) is 8.35. The highest BCUT2D eigenvalue weighted by Crippen LogP contribution is 2.33. The van der Waals surface area contributed by atoms with Crippen molar-refractivity contribution in [1.82, 2.24) is 4.90 Å². The number of fused-ring (bicyclic) bond motifs is 1. The number of hydrogen-bond donors (Lipinski definition) is 0. The Hall–Kier alpha value is -1.82. The van der Waals surface area contributed by atoms with Crippen LogP contribution in [-0.4, -0.2) is 40.2 Å². The zero-order valence-electron chi connectivity index (χ0n) is 10.4. The summed E-state index contributed by atoms with van der Waals surface area (Å²) in [5.41, 5.74) is 0.821. The molecule has 96 valence electrons. The van der Waals surface area contributed by atoms with E-state index in [1.54, 1.807) is 43.3 Å². The summed E-state index contributed by atoms with van der Waals surface area (Å²) in [5, 5.41) is 0. The van der Waals surface area contributed by atoms with Gasteiger partial charge < -0.3 is 4.90 Å². The van der Waals surface area contributed by atoms with Gasteiger partial charge in [0.1, 0.15) is 0 Å². The average Bonchev–Trinajstić information content (AvgIpc) is 2.32. The van der Waals surface area contributed by atoms with Gasteiger partial charge in [0.25, 0.3) is 10.0 Å². The van der Waals surface area contributed by atoms with Gasteiger partial charge in [-0.25, -0.2) is 8.42 Å². The number of ketones is 1. The van der Waals surface area contributed by atoms with E-state index in [9.17, 15) is 13.2 Å². The van der Waals surface area contributed by atoms with Crippen molar-refractivity contribution in [2.75, 3.05) is 25.4 Å². The molecule has 0 radical (unpaired) electrons. The minimum Gasteiger partial charge on any atom is -0.382 e. The fourth-order valence-corrected chi connectivity index (χ4v) is 3.23. The summed E-state index contributed by atoms with van der Waals surface area (Å²) in [4.78, 5) is 13.6. The Labute approximate surface area is 106 Å². The van der Waals surface area contributed by atoms with E-state index >= 15 is 0 Å². The summed E-state index contributed by atoms with van der Waals surface area (Å²) >= 11 is 0. The third-order valence-electron chi connectivity index (χ3n) is 2.73. The largest absolute Gasteiger partial charge is 0.382 e. The van der Waals surface area contributed by atoms with E-state index in [0.717, 1.165) is 4.31 Å². The number of rotatable bonds is 1. The minimum absolute atomic E-state index is 0.200. The number of Topliss-reactive ketones (excluding diaryl/α,β-unsaturated/α-hetero) is 1. The van der Waals surface area contributed by atoms with E-state index < -0.39 is 15.8 Å². The maximum atomic E-state index is 12.2. The first kappa shape index (κ1) is 12.6. The molecule has 0 unspecified atom stereocenters. The zero-order chi connectivity index (χ0) is 13.5. The van der Waals surface area contributed by atoms with E-state index in [0.29, 0.717) is 11.3 Å². The number of sulfonamides is 1. The Bertz CT molecular complexity index is 632. The molecule has 0 saturated carbocycles. The average molecular weight is 266 g/mol. The van der Waals surface area contributed by atoms with Crippen LogP contribution in [-0.2, 0) is 10.0 Å². The SMILES string of the molecule is CN(C)C=C1C(=O)c2ccccc2N(C)S1(=O)=O. The lowest BCUT2D eigenvalue weighted by Crippen LogP contribution is -2.37. The summed E-state index contributed by atoms with van der Waals surface area (Å²) in [6.45, 7) is 0. The van der Waals surface area contributed by atoms with Gasteiger partial charge in [-0.3, -0.25) is 9.10 Å². The number of carbonyl (C=O) groups excluding carboxylic acids is 1. The standard InChI is InChI=1S/C12H14N2O3S/c1-13(2)8-11-12(15)9-6-4-5-7-10(9)14(3)18(11,16)17/h4-8H,1-3H3. The molecule has 0 saturated heterocycles. The molecule has 1 aromatic rings. The molecule has 1 aliphatic rings. The number of allylic oxidation sites excluding steroid dienone is 1. The van der Waals surface area contributed by atoms with Crippen molar-refractivity contribution < 1.29 is 13.2 Å². The molecular weight excluding hydrogens is 252 g/mol. The zero-order valence-corrected chi connectivity index (χ0v) is 11.2. The van der Waals surface area contributed by atoms with Gasteiger partial charge in [-0.1, -0.05) is 12.1 Å². The molecule has 0 spiro atoms. The number of hydrogen-bond acceptors (Lipinski definition) is 4. The van der Waals surface area contributed by atoms with Crippen LogP contribution in [0.2, 0.25) is 0 Å². The molecule has 0 amide bonds. The molecular formula is C12H14N2O3S. The van der Waals surface area contributed by atoms with Gasteiger partial charge in [0.05, 0.1) is 5.69 Å². The smallest absolute Gasteiger partial charge is 0.269 e.